The Hall–Kier alpha value is 0.0899. The second-order valence-corrected chi connectivity index (χ2v) is 4.31. The average Bonchev–Trinajstić information content (AvgIpc) is 2.11. The molecule has 1 saturated heterocycles. The number of rotatable bonds is 0. The SMILES string of the molecule is [B]C1CCN(C(C)(C)C)C1[B]. The van der Waals surface area contributed by atoms with Crippen LogP contribution in [0.1, 0.15) is 27.2 Å². The fourth-order valence-electron chi connectivity index (χ4n) is 1.62. The van der Waals surface area contributed by atoms with Crippen LogP contribution < -0.4 is 0 Å². The van der Waals surface area contributed by atoms with E-state index in [2.05, 4.69) is 25.7 Å². The van der Waals surface area contributed by atoms with E-state index in [4.69, 9.17) is 15.7 Å². The van der Waals surface area contributed by atoms with Gasteiger partial charge < -0.3 is 4.90 Å². The summed E-state index contributed by atoms with van der Waals surface area (Å²) >= 11 is 0. The molecule has 3 heteroatoms. The second-order valence-electron chi connectivity index (χ2n) is 4.31. The van der Waals surface area contributed by atoms with Gasteiger partial charge in [0.05, 0.1) is 15.7 Å². The van der Waals surface area contributed by atoms with E-state index >= 15 is 0 Å². The summed E-state index contributed by atoms with van der Waals surface area (Å²) in [6, 6.07) is 0. The molecule has 0 amide bonds. The Morgan fingerprint density at radius 2 is 1.82 bits per heavy atom. The van der Waals surface area contributed by atoms with E-state index in [1.807, 2.05) is 0 Å². The minimum atomic E-state index is 0.0509. The third kappa shape index (κ3) is 1.81. The molecule has 1 fully saturated rings. The Morgan fingerprint density at radius 1 is 1.27 bits per heavy atom. The van der Waals surface area contributed by atoms with E-state index in [1.54, 1.807) is 0 Å². The predicted molar refractivity (Wildman–Crippen MR) is 50.1 cm³/mol. The number of hydrogen-bond acceptors (Lipinski definition) is 1. The third-order valence-corrected chi connectivity index (χ3v) is 2.36. The highest BCUT2D eigenvalue weighted by molar-refractivity contribution is 6.21. The lowest BCUT2D eigenvalue weighted by Gasteiger charge is -2.37. The van der Waals surface area contributed by atoms with E-state index in [9.17, 15) is 0 Å². The van der Waals surface area contributed by atoms with Gasteiger partial charge in [-0.25, -0.2) is 0 Å². The van der Waals surface area contributed by atoms with E-state index in [0.717, 1.165) is 13.0 Å². The molecule has 2 unspecified atom stereocenters. The molecular weight excluding hydrogens is 132 g/mol. The molecular formula is C8H15B2N. The monoisotopic (exact) mass is 147 g/mol. The summed E-state index contributed by atoms with van der Waals surface area (Å²) in [4.78, 5) is 2.26. The molecule has 1 heterocycles. The van der Waals surface area contributed by atoms with Crippen molar-refractivity contribution in [3.8, 4) is 0 Å². The molecule has 0 spiro atoms. The van der Waals surface area contributed by atoms with Gasteiger partial charge in [0, 0.05) is 5.54 Å². The molecule has 0 bridgehead atoms. The Morgan fingerprint density at radius 3 is 2.00 bits per heavy atom. The fraction of sp³-hybridized carbons (Fsp3) is 1.00. The lowest BCUT2D eigenvalue weighted by molar-refractivity contribution is 0.157. The molecule has 0 aromatic heterocycles. The van der Waals surface area contributed by atoms with Gasteiger partial charge in [-0.15, -0.1) is 0 Å². The van der Waals surface area contributed by atoms with Gasteiger partial charge >= 0.3 is 0 Å². The number of nitrogens with zero attached hydrogens (tertiary/aromatic N) is 1. The molecule has 4 radical (unpaired) electrons. The molecule has 0 aromatic carbocycles. The molecule has 1 nitrogen and oxygen atoms in total. The normalized spacial score (nSPS) is 34.5. The van der Waals surface area contributed by atoms with E-state index in [1.165, 1.54) is 0 Å². The minimum absolute atomic E-state index is 0.0509. The van der Waals surface area contributed by atoms with Crippen LogP contribution in [0.2, 0.25) is 5.82 Å². The highest BCUT2D eigenvalue weighted by Crippen LogP contribution is 2.30. The van der Waals surface area contributed by atoms with Gasteiger partial charge in [0.25, 0.3) is 0 Å². The van der Waals surface area contributed by atoms with Crippen LogP contribution in [0.4, 0.5) is 0 Å². The van der Waals surface area contributed by atoms with Crippen molar-refractivity contribution in [2.45, 2.75) is 44.5 Å². The molecule has 0 saturated carbocycles. The quantitative estimate of drug-likeness (QED) is 0.460. The zero-order valence-electron chi connectivity index (χ0n) is 7.67. The lowest BCUT2D eigenvalue weighted by Crippen LogP contribution is -2.45. The largest absolute Gasteiger partial charge is 0.305 e. The van der Waals surface area contributed by atoms with Crippen molar-refractivity contribution >= 4 is 15.7 Å². The number of hydrogen-bond donors (Lipinski definition) is 0. The number of likely N-dealkylation sites (tertiary alicyclic amines) is 1. The van der Waals surface area contributed by atoms with E-state index < -0.39 is 0 Å². The summed E-state index contributed by atoms with van der Waals surface area (Å²) in [5, 5.41) is 0. The molecule has 1 aliphatic heterocycles. The highest BCUT2D eigenvalue weighted by atomic mass is 15.2. The van der Waals surface area contributed by atoms with Crippen molar-refractivity contribution in [3.05, 3.63) is 0 Å². The summed E-state index contributed by atoms with van der Waals surface area (Å²) < 4.78 is 0. The summed E-state index contributed by atoms with van der Waals surface area (Å²) in [6.07, 6.45) is 1.03. The zero-order valence-corrected chi connectivity index (χ0v) is 7.67. The molecule has 1 rings (SSSR count). The average molecular weight is 147 g/mol. The van der Waals surface area contributed by atoms with Crippen LogP contribution in [0.3, 0.4) is 0 Å². The third-order valence-electron chi connectivity index (χ3n) is 2.36. The summed E-state index contributed by atoms with van der Waals surface area (Å²) in [5.41, 5.74) is 0.160. The maximum Gasteiger partial charge on any atom is 0.0904 e. The second kappa shape index (κ2) is 2.85. The van der Waals surface area contributed by atoms with Gasteiger partial charge in [-0.3, -0.25) is 0 Å². The van der Waals surface area contributed by atoms with Crippen molar-refractivity contribution in [1.82, 2.24) is 4.90 Å². The predicted octanol–water partition coefficient (Wildman–Crippen LogP) is 0.942. The van der Waals surface area contributed by atoms with Gasteiger partial charge in [0.15, 0.2) is 0 Å². The first-order valence-electron chi connectivity index (χ1n) is 4.21. The first-order chi connectivity index (χ1) is 4.93. The topological polar surface area (TPSA) is 3.24 Å². The molecule has 11 heavy (non-hydrogen) atoms. The van der Waals surface area contributed by atoms with Crippen LogP contribution in [0, 0.1) is 0 Å². The van der Waals surface area contributed by atoms with Crippen molar-refractivity contribution in [1.29, 1.82) is 0 Å². The van der Waals surface area contributed by atoms with E-state index in [-0.39, 0.29) is 17.3 Å². The highest BCUT2D eigenvalue weighted by Gasteiger charge is 2.33. The van der Waals surface area contributed by atoms with Crippen LogP contribution in [0.5, 0.6) is 0 Å². The van der Waals surface area contributed by atoms with Crippen molar-refractivity contribution in [2.75, 3.05) is 6.54 Å². The van der Waals surface area contributed by atoms with Crippen LogP contribution in [0.25, 0.3) is 0 Å². The smallest absolute Gasteiger partial charge is 0.0904 e. The van der Waals surface area contributed by atoms with Crippen LogP contribution in [0.15, 0.2) is 0 Å². The van der Waals surface area contributed by atoms with Crippen LogP contribution in [-0.4, -0.2) is 38.6 Å². The maximum atomic E-state index is 5.91. The summed E-state index contributed by atoms with van der Waals surface area (Å²) in [6.45, 7) is 7.55. The van der Waals surface area contributed by atoms with Gasteiger partial charge in [0.2, 0.25) is 0 Å². The lowest BCUT2D eigenvalue weighted by atomic mass is 9.72. The van der Waals surface area contributed by atoms with Crippen LogP contribution >= 0.6 is 0 Å². The molecule has 0 aromatic rings. The first-order valence-corrected chi connectivity index (χ1v) is 4.21. The fourth-order valence-corrected chi connectivity index (χ4v) is 1.62. The zero-order chi connectivity index (χ0) is 8.65. The molecule has 0 aliphatic carbocycles. The summed E-state index contributed by atoms with van der Waals surface area (Å²) in [7, 11) is 11.7. The standard InChI is InChI=1S/C8H15B2N/c1-8(2,3)11-5-4-6(9)7(11)10/h6-7H,4-5H2,1-3H3. The van der Waals surface area contributed by atoms with Gasteiger partial charge in [0.1, 0.15) is 0 Å². The molecule has 0 N–H and O–H groups in total. The van der Waals surface area contributed by atoms with Gasteiger partial charge in [-0.05, 0) is 39.7 Å². The van der Waals surface area contributed by atoms with Crippen molar-refractivity contribution < 1.29 is 0 Å². The summed E-state index contributed by atoms with van der Waals surface area (Å²) in [5.74, 6) is 0.212. The first kappa shape index (κ1) is 9.18. The molecule has 2 atom stereocenters. The minimum Gasteiger partial charge on any atom is -0.305 e. The van der Waals surface area contributed by atoms with Crippen molar-refractivity contribution in [2.24, 2.45) is 0 Å². The van der Waals surface area contributed by atoms with Gasteiger partial charge in [-0.1, -0.05) is 5.82 Å². The Labute approximate surface area is 72.4 Å². The van der Waals surface area contributed by atoms with Crippen LogP contribution in [-0.2, 0) is 0 Å². The maximum absolute atomic E-state index is 5.91. The van der Waals surface area contributed by atoms with Gasteiger partial charge in [-0.2, -0.15) is 0 Å². The Balaban J connectivity index is 2.62. The Bertz CT molecular complexity index is 142. The van der Waals surface area contributed by atoms with E-state index in [0.29, 0.717) is 0 Å². The molecule has 58 valence electrons. The molecule has 1 aliphatic rings. The van der Waals surface area contributed by atoms with Crippen molar-refractivity contribution in [3.63, 3.8) is 0 Å². The Kier molecular flexibility index (Phi) is 2.38.